The summed E-state index contributed by atoms with van der Waals surface area (Å²) < 4.78 is 5.36. The van der Waals surface area contributed by atoms with Gasteiger partial charge in [-0.15, -0.1) is 0 Å². The number of fused-ring (bicyclic) bond motifs is 1. The number of H-pyrrole nitrogens is 1. The summed E-state index contributed by atoms with van der Waals surface area (Å²) in [5.74, 6) is -2.94. The van der Waals surface area contributed by atoms with E-state index < -0.39 is 66.1 Å². The van der Waals surface area contributed by atoms with Crippen LogP contribution >= 0.6 is 0 Å². The first kappa shape index (κ1) is 29.0. The van der Waals surface area contributed by atoms with Crippen LogP contribution in [-0.4, -0.2) is 99.9 Å². The highest BCUT2D eigenvalue weighted by Gasteiger charge is 2.43. The second-order valence-electron chi connectivity index (χ2n) is 9.62. The molecule has 0 saturated carbocycles. The number of hydrogen-bond acceptors (Lipinski definition) is 8. The van der Waals surface area contributed by atoms with Crippen LogP contribution in [0.4, 0.5) is 0 Å². The van der Waals surface area contributed by atoms with Gasteiger partial charge in [-0.1, -0.05) is 18.2 Å². The molecule has 0 aliphatic carbocycles. The topological polar surface area (TPSA) is 213 Å². The van der Waals surface area contributed by atoms with E-state index in [1.807, 2.05) is 24.3 Å². The molecule has 13 heteroatoms. The number of hydrogen-bond donors (Lipinski definition) is 7. The fourth-order valence-corrected chi connectivity index (χ4v) is 4.54. The van der Waals surface area contributed by atoms with Gasteiger partial charge in [0, 0.05) is 43.6 Å². The van der Waals surface area contributed by atoms with E-state index in [1.165, 1.54) is 25.9 Å². The lowest BCUT2D eigenvalue weighted by Gasteiger charge is -2.29. The van der Waals surface area contributed by atoms with Crippen molar-refractivity contribution in [2.24, 2.45) is 11.5 Å². The van der Waals surface area contributed by atoms with Gasteiger partial charge < -0.3 is 46.9 Å². The van der Waals surface area contributed by atoms with Crippen LogP contribution in [0.5, 0.6) is 0 Å². The van der Waals surface area contributed by atoms with Crippen LogP contribution in [0.3, 0.4) is 0 Å². The zero-order valence-corrected chi connectivity index (χ0v) is 21.6. The molecule has 4 amide bonds. The Balaban J connectivity index is 1.88. The third-order valence-electron chi connectivity index (χ3n) is 6.81. The van der Waals surface area contributed by atoms with Crippen molar-refractivity contribution in [3.63, 3.8) is 0 Å². The fourth-order valence-electron chi connectivity index (χ4n) is 4.54. The van der Waals surface area contributed by atoms with Gasteiger partial charge >= 0.3 is 0 Å². The number of likely N-dealkylation sites (tertiary alicyclic amines) is 1. The molecule has 208 valence electrons. The van der Waals surface area contributed by atoms with E-state index in [0.717, 1.165) is 16.5 Å². The maximum absolute atomic E-state index is 13.5. The van der Waals surface area contributed by atoms with Crippen LogP contribution in [0.15, 0.2) is 30.5 Å². The number of aromatic amines is 1. The van der Waals surface area contributed by atoms with Gasteiger partial charge in [-0.05, 0) is 25.5 Å². The minimum Gasteiger partial charge on any atom is -0.391 e. The van der Waals surface area contributed by atoms with Gasteiger partial charge in [-0.25, -0.2) is 0 Å². The molecule has 0 unspecified atom stereocenters. The summed E-state index contributed by atoms with van der Waals surface area (Å²) in [6.07, 6.45) is -0.960. The van der Waals surface area contributed by atoms with Crippen LogP contribution < -0.4 is 22.1 Å². The predicted molar refractivity (Wildman–Crippen MR) is 137 cm³/mol. The minimum atomic E-state index is -1.38. The molecule has 1 aromatic carbocycles. The molecular formula is C25H36N6O7. The number of amides is 4. The molecule has 2 heterocycles. The van der Waals surface area contributed by atoms with Crippen molar-refractivity contribution in [3.05, 3.63) is 36.0 Å². The van der Waals surface area contributed by atoms with Gasteiger partial charge in [0.2, 0.25) is 23.6 Å². The van der Waals surface area contributed by atoms with Crippen LogP contribution in [0.25, 0.3) is 10.9 Å². The molecule has 1 aliphatic heterocycles. The number of aliphatic hydroxyl groups is 2. The standard InChI is InChI=1S/C25H36N6O7/c1-12(32)20(26)25(37)31-11-15(38-3)9-19(31)24(36)29-18(23(35)30-21(13(2)33)22(27)34)8-14-10-28-17-7-5-4-6-16(14)17/h4-7,10,12-13,15,18-21,28,32-33H,8-9,11,26H2,1-3H3,(H2,27,34)(H,29,36)(H,30,35)/t12-,13-,15-,18+,19+,20+,21+/m1/s1. The molecule has 0 bridgehead atoms. The quantitative estimate of drug-likeness (QED) is 0.169. The normalized spacial score (nSPS) is 21.4. The summed E-state index contributed by atoms with van der Waals surface area (Å²) in [5.41, 5.74) is 12.7. The lowest BCUT2D eigenvalue weighted by Crippen LogP contribution is -2.59. The number of ether oxygens (including phenoxy) is 1. The second-order valence-corrected chi connectivity index (χ2v) is 9.62. The van der Waals surface area contributed by atoms with E-state index in [2.05, 4.69) is 15.6 Å². The second kappa shape index (κ2) is 12.3. The number of carbonyl (C=O) groups excluding carboxylic acids is 4. The monoisotopic (exact) mass is 532 g/mol. The van der Waals surface area contributed by atoms with Crippen LogP contribution in [0.1, 0.15) is 25.8 Å². The van der Waals surface area contributed by atoms with E-state index in [-0.39, 0.29) is 19.4 Å². The molecule has 1 fully saturated rings. The van der Waals surface area contributed by atoms with Gasteiger partial charge in [-0.3, -0.25) is 19.2 Å². The summed E-state index contributed by atoms with van der Waals surface area (Å²) >= 11 is 0. The third kappa shape index (κ3) is 6.48. The van der Waals surface area contributed by atoms with E-state index in [0.29, 0.717) is 0 Å². The molecule has 1 saturated heterocycles. The molecule has 0 spiro atoms. The molecular weight excluding hydrogens is 496 g/mol. The summed E-state index contributed by atoms with van der Waals surface area (Å²) in [6, 6.07) is 2.59. The third-order valence-corrected chi connectivity index (χ3v) is 6.81. The number of nitrogens with one attached hydrogen (secondary N) is 3. The summed E-state index contributed by atoms with van der Waals surface area (Å²) in [7, 11) is 1.45. The van der Waals surface area contributed by atoms with Crippen molar-refractivity contribution in [1.82, 2.24) is 20.5 Å². The van der Waals surface area contributed by atoms with E-state index in [4.69, 9.17) is 16.2 Å². The summed E-state index contributed by atoms with van der Waals surface area (Å²) in [5, 5.41) is 25.7. The van der Waals surface area contributed by atoms with Gasteiger partial charge in [-0.2, -0.15) is 0 Å². The number of primary amides is 1. The number of nitrogens with two attached hydrogens (primary N) is 2. The number of para-hydroxylation sites is 1. The number of rotatable bonds is 11. The van der Waals surface area contributed by atoms with Crippen molar-refractivity contribution < 1.29 is 34.1 Å². The largest absolute Gasteiger partial charge is 0.391 e. The molecule has 0 radical (unpaired) electrons. The molecule has 9 N–H and O–H groups in total. The van der Waals surface area contributed by atoms with E-state index in [9.17, 15) is 29.4 Å². The molecule has 1 aliphatic rings. The van der Waals surface area contributed by atoms with Crippen LogP contribution in [0, 0.1) is 0 Å². The number of methoxy groups -OCH3 is 1. The van der Waals surface area contributed by atoms with Crippen LogP contribution in [0.2, 0.25) is 0 Å². The first-order chi connectivity index (χ1) is 17.9. The minimum absolute atomic E-state index is 0.0361. The highest BCUT2D eigenvalue weighted by molar-refractivity contribution is 5.95. The average Bonchev–Trinajstić information content (AvgIpc) is 3.50. The Labute approximate surface area is 219 Å². The van der Waals surface area contributed by atoms with Crippen molar-refractivity contribution >= 4 is 34.5 Å². The van der Waals surface area contributed by atoms with Gasteiger partial charge in [0.15, 0.2) is 0 Å². The molecule has 1 aromatic heterocycles. The Bertz CT molecular complexity index is 1170. The Kier molecular flexibility index (Phi) is 9.44. The Morgan fingerprint density at radius 1 is 1.16 bits per heavy atom. The first-order valence-electron chi connectivity index (χ1n) is 12.3. The number of aliphatic hydroxyl groups excluding tert-OH is 2. The number of carbonyl (C=O) groups is 4. The van der Waals surface area contributed by atoms with E-state index >= 15 is 0 Å². The lowest BCUT2D eigenvalue weighted by molar-refractivity contribution is -0.142. The average molecular weight is 533 g/mol. The Morgan fingerprint density at radius 3 is 2.45 bits per heavy atom. The highest BCUT2D eigenvalue weighted by Crippen LogP contribution is 2.23. The summed E-state index contributed by atoms with van der Waals surface area (Å²) in [4.78, 5) is 55.8. The van der Waals surface area contributed by atoms with Gasteiger partial charge in [0.05, 0.1) is 18.3 Å². The Hall–Kier alpha value is -3.52. The highest BCUT2D eigenvalue weighted by atomic mass is 16.5. The van der Waals surface area contributed by atoms with Crippen LogP contribution in [-0.2, 0) is 30.3 Å². The van der Waals surface area contributed by atoms with Crippen molar-refractivity contribution in [1.29, 1.82) is 0 Å². The zero-order chi connectivity index (χ0) is 28.1. The van der Waals surface area contributed by atoms with E-state index in [1.54, 1.807) is 6.20 Å². The zero-order valence-electron chi connectivity index (χ0n) is 21.6. The molecule has 13 nitrogen and oxygen atoms in total. The number of aromatic nitrogens is 1. The fraction of sp³-hybridized carbons (Fsp3) is 0.520. The molecule has 2 aromatic rings. The van der Waals surface area contributed by atoms with Crippen molar-refractivity contribution in [2.45, 2.75) is 69.2 Å². The van der Waals surface area contributed by atoms with Crippen molar-refractivity contribution in [2.75, 3.05) is 13.7 Å². The first-order valence-corrected chi connectivity index (χ1v) is 12.3. The maximum atomic E-state index is 13.5. The lowest BCUT2D eigenvalue weighted by atomic mass is 10.0. The molecule has 7 atom stereocenters. The Morgan fingerprint density at radius 2 is 1.84 bits per heavy atom. The molecule has 38 heavy (non-hydrogen) atoms. The SMILES string of the molecule is CO[C@@H]1C[C@@H](C(=O)N[C@@H](Cc2c[nH]c3ccccc23)C(=O)N[C@H](C(N)=O)[C@@H](C)O)N(C(=O)[C@@H](N)[C@@H](C)O)C1. The predicted octanol–water partition coefficient (Wildman–Crippen LogP) is -2.13. The molecule has 3 rings (SSSR count). The summed E-state index contributed by atoms with van der Waals surface area (Å²) in [6.45, 7) is 2.76. The number of benzene rings is 1. The smallest absolute Gasteiger partial charge is 0.243 e. The van der Waals surface area contributed by atoms with Crippen molar-refractivity contribution in [3.8, 4) is 0 Å². The van der Waals surface area contributed by atoms with Gasteiger partial charge in [0.25, 0.3) is 0 Å². The maximum Gasteiger partial charge on any atom is 0.243 e. The number of nitrogens with zero attached hydrogens (tertiary/aromatic N) is 1. The van der Waals surface area contributed by atoms with Gasteiger partial charge in [0.1, 0.15) is 24.2 Å².